The summed E-state index contributed by atoms with van der Waals surface area (Å²) < 4.78 is 31.5. The molecule has 0 radical (unpaired) electrons. The van der Waals surface area contributed by atoms with Crippen LogP contribution in [0.1, 0.15) is 18.9 Å². The van der Waals surface area contributed by atoms with Gasteiger partial charge in [0.2, 0.25) is 0 Å². The summed E-state index contributed by atoms with van der Waals surface area (Å²) in [4.78, 5) is 3.86. The van der Waals surface area contributed by atoms with Crippen LogP contribution in [-0.4, -0.2) is 4.98 Å². The summed E-state index contributed by atoms with van der Waals surface area (Å²) in [5, 5.41) is 0. The van der Waals surface area contributed by atoms with Gasteiger partial charge in [-0.3, -0.25) is 0 Å². The Morgan fingerprint density at radius 3 is 2.93 bits per heavy atom. The van der Waals surface area contributed by atoms with Crippen LogP contribution in [0.4, 0.5) is 8.78 Å². The number of aromatic nitrogens is 1. The molecule has 2 aromatic rings. The molecule has 0 aliphatic rings. The topological polar surface area (TPSA) is 26.0 Å². The van der Waals surface area contributed by atoms with Crippen molar-refractivity contribution >= 4 is 11.1 Å². The molecule has 2 rings (SSSR count). The van der Waals surface area contributed by atoms with Crippen molar-refractivity contribution in [3.8, 4) is 0 Å². The molecule has 0 aliphatic heterocycles. The normalized spacial score (nSPS) is 12.2. The zero-order valence-electron chi connectivity index (χ0n) is 7.63. The Morgan fingerprint density at radius 2 is 2.21 bits per heavy atom. The van der Waals surface area contributed by atoms with Gasteiger partial charge in [-0.05, 0) is 12.1 Å². The lowest BCUT2D eigenvalue weighted by Crippen LogP contribution is -2.10. The van der Waals surface area contributed by atoms with E-state index in [2.05, 4.69) is 4.98 Å². The second kappa shape index (κ2) is 3.04. The van der Waals surface area contributed by atoms with Gasteiger partial charge in [-0.1, -0.05) is 13.0 Å². The molecule has 0 N–H and O–H groups in total. The quantitative estimate of drug-likeness (QED) is 0.738. The molecular formula is C10H9F2NO. The highest BCUT2D eigenvalue weighted by Gasteiger charge is 2.29. The van der Waals surface area contributed by atoms with Gasteiger partial charge in [0.1, 0.15) is 5.52 Å². The third-order valence-corrected chi connectivity index (χ3v) is 2.20. The maximum atomic E-state index is 13.3. The number of fused-ring (bicyclic) bond motifs is 1. The van der Waals surface area contributed by atoms with Gasteiger partial charge < -0.3 is 4.42 Å². The van der Waals surface area contributed by atoms with Crippen molar-refractivity contribution < 1.29 is 13.2 Å². The monoisotopic (exact) mass is 197 g/mol. The minimum Gasteiger partial charge on any atom is -0.443 e. The molecule has 0 aliphatic carbocycles. The first-order valence-electron chi connectivity index (χ1n) is 4.35. The summed E-state index contributed by atoms with van der Waals surface area (Å²) in [6.07, 6.45) is 1.03. The molecule has 0 saturated carbocycles. The molecule has 1 aromatic carbocycles. The first-order chi connectivity index (χ1) is 6.63. The Kier molecular flexibility index (Phi) is 1.98. The molecule has 0 unspecified atom stereocenters. The predicted molar refractivity (Wildman–Crippen MR) is 48.2 cm³/mol. The number of rotatable bonds is 2. The number of alkyl halides is 2. The molecule has 0 saturated heterocycles. The van der Waals surface area contributed by atoms with Crippen LogP contribution >= 0.6 is 0 Å². The Bertz CT molecular complexity index is 450. The van der Waals surface area contributed by atoms with E-state index in [4.69, 9.17) is 4.42 Å². The number of nitrogens with zero attached hydrogens (tertiary/aromatic N) is 1. The van der Waals surface area contributed by atoms with E-state index in [-0.39, 0.29) is 12.0 Å². The average molecular weight is 197 g/mol. The standard InChI is InChI=1S/C10H9F2NO/c1-2-10(11,12)7-3-4-8-9(5-7)14-6-13-8/h3-6H,2H2,1H3. The molecule has 0 spiro atoms. The van der Waals surface area contributed by atoms with Gasteiger partial charge in [-0.25, -0.2) is 13.8 Å². The SMILES string of the molecule is CCC(F)(F)c1ccc2ncoc2c1. The van der Waals surface area contributed by atoms with Crippen molar-refractivity contribution in [1.82, 2.24) is 4.98 Å². The summed E-state index contributed by atoms with van der Waals surface area (Å²) in [5.74, 6) is -2.79. The van der Waals surface area contributed by atoms with Gasteiger partial charge in [0.25, 0.3) is 5.92 Å². The van der Waals surface area contributed by atoms with Crippen molar-refractivity contribution in [3.05, 3.63) is 30.2 Å². The second-order valence-electron chi connectivity index (χ2n) is 3.09. The average Bonchev–Trinajstić information content (AvgIpc) is 2.64. The molecule has 1 heterocycles. The highest BCUT2D eigenvalue weighted by Crippen LogP contribution is 2.32. The van der Waals surface area contributed by atoms with E-state index in [1.807, 2.05) is 0 Å². The molecule has 2 nitrogen and oxygen atoms in total. The van der Waals surface area contributed by atoms with Gasteiger partial charge in [0.05, 0.1) is 0 Å². The minimum atomic E-state index is -2.79. The smallest absolute Gasteiger partial charge is 0.273 e. The largest absolute Gasteiger partial charge is 0.443 e. The van der Waals surface area contributed by atoms with Crippen LogP contribution in [0.25, 0.3) is 11.1 Å². The highest BCUT2D eigenvalue weighted by molar-refractivity contribution is 5.72. The summed E-state index contributed by atoms with van der Waals surface area (Å²) in [7, 11) is 0. The minimum absolute atomic E-state index is 0.0238. The van der Waals surface area contributed by atoms with Crippen molar-refractivity contribution in [1.29, 1.82) is 0 Å². The molecule has 4 heteroatoms. The van der Waals surface area contributed by atoms with Crippen molar-refractivity contribution in [2.24, 2.45) is 0 Å². The van der Waals surface area contributed by atoms with E-state index in [1.54, 1.807) is 0 Å². The molecule has 0 bridgehead atoms. The molecule has 0 fully saturated rings. The lowest BCUT2D eigenvalue weighted by atomic mass is 10.1. The van der Waals surface area contributed by atoms with Crippen molar-refractivity contribution in [2.45, 2.75) is 19.3 Å². The maximum absolute atomic E-state index is 13.3. The summed E-state index contributed by atoms with van der Waals surface area (Å²) in [6.45, 7) is 1.45. The Labute approximate surface area is 79.6 Å². The van der Waals surface area contributed by atoms with E-state index >= 15 is 0 Å². The lowest BCUT2D eigenvalue weighted by molar-refractivity contribution is -0.00822. The predicted octanol–water partition coefficient (Wildman–Crippen LogP) is 3.33. The number of hydrogen-bond donors (Lipinski definition) is 0. The van der Waals surface area contributed by atoms with Crippen molar-refractivity contribution in [3.63, 3.8) is 0 Å². The fourth-order valence-electron chi connectivity index (χ4n) is 1.29. The van der Waals surface area contributed by atoms with Gasteiger partial charge in [-0.2, -0.15) is 0 Å². The number of hydrogen-bond acceptors (Lipinski definition) is 2. The molecule has 0 amide bonds. The third kappa shape index (κ3) is 1.36. The number of halogens is 2. The first kappa shape index (κ1) is 9.12. The Hall–Kier alpha value is -1.45. The van der Waals surface area contributed by atoms with Crippen LogP contribution in [-0.2, 0) is 5.92 Å². The van der Waals surface area contributed by atoms with Crippen LogP contribution < -0.4 is 0 Å². The zero-order chi connectivity index (χ0) is 10.2. The van der Waals surface area contributed by atoms with Gasteiger partial charge in [-0.15, -0.1) is 0 Å². The van der Waals surface area contributed by atoms with E-state index in [0.29, 0.717) is 11.1 Å². The molecule has 74 valence electrons. The zero-order valence-corrected chi connectivity index (χ0v) is 7.63. The molecule has 1 aromatic heterocycles. The second-order valence-corrected chi connectivity index (χ2v) is 3.09. The Morgan fingerprint density at radius 1 is 1.43 bits per heavy atom. The summed E-state index contributed by atoms with van der Waals surface area (Å²) in [6, 6.07) is 4.26. The van der Waals surface area contributed by atoms with E-state index in [9.17, 15) is 8.78 Å². The lowest BCUT2D eigenvalue weighted by Gasteiger charge is -2.13. The van der Waals surface area contributed by atoms with Crippen LogP contribution in [0.2, 0.25) is 0 Å². The summed E-state index contributed by atoms with van der Waals surface area (Å²) >= 11 is 0. The van der Waals surface area contributed by atoms with Gasteiger partial charge in [0, 0.05) is 12.0 Å². The van der Waals surface area contributed by atoms with Gasteiger partial charge in [0.15, 0.2) is 12.0 Å². The third-order valence-electron chi connectivity index (χ3n) is 2.20. The molecular weight excluding hydrogens is 188 g/mol. The van der Waals surface area contributed by atoms with Crippen LogP contribution in [0.15, 0.2) is 29.0 Å². The van der Waals surface area contributed by atoms with Crippen LogP contribution in [0.5, 0.6) is 0 Å². The fraction of sp³-hybridized carbons (Fsp3) is 0.300. The van der Waals surface area contributed by atoms with Gasteiger partial charge >= 0.3 is 0 Å². The van der Waals surface area contributed by atoms with Crippen LogP contribution in [0, 0.1) is 0 Å². The number of oxazole rings is 1. The number of benzene rings is 1. The highest BCUT2D eigenvalue weighted by atomic mass is 19.3. The van der Waals surface area contributed by atoms with Crippen molar-refractivity contribution in [2.75, 3.05) is 0 Å². The molecule has 14 heavy (non-hydrogen) atoms. The van der Waals surface area contributed by atoms with E-state index in [0.717, 1.165) is 0 Å². The summed E-state index contributed by atoms with van der Waals surface area (Å²) in [5.41, 5.74) is 0.973. The van der Waals surface area contributed by atoms with E-state index < -0.39 is 5.92 Å². The molecule has 0 atom stereocenters. The first-order valence-corrected chi connectivity index (χ1v) is 4.35. The Balaban J connectivity index is 2.53. The van der Waals surface area contributed by atoms with Crippen LogP contribution in [0.3, 0.4) is 0 Å². The van der Waals surface area contributed by atoms with E-state index in [1.165, 1.54) is 31.5 Å². The maximum Gasteiger partial charge on any atom is 0.273 e. The fourth-order valence-corrected chi connectivity index (χ4v) is 1.29.